The lowest BCUT2D eigenvalue weighted by atomic mass is 9.81. The van der Waals surface area contributed by atoms with Gasteiger partial charge in [-0.1, -0.05) is 24.3 Å². The van der Waals surface area contributed by atoms with Crippen molar-refractivity contribution in [3.63, 3.8) is 0 Å². The quantitative estimate of drug-likeness (QED) is 0.919. The van der Waals surface area contributed by atoms with Crippen molar-refractivity contribution in [2.75, 3.05) is 26.2 Å². The molecule has 2 aliphatic heterocycles. The highest BCUT2D eigenvalue weighted by atomic mass is 16.4. The number of fused-ring (bicyclic) bond motifs is 2. The molecule has 2 saturated heterocycles. The fourth-order valence-corrected chi connectivity index (χ4v) is 4.26. The van der Waals surface area contributed by atoms with Gasteiger partial charge in [0.2, 0.25) is 5.91 Å². The first-order valence-electron chi connectivity index (χ1n) is 8.54. The third-order valence-electron chi connectivity index (χ3n) is 5.59. The van der Waals surface area contributed by atoms with Gasteiger partial charge in [-0.25, -0.2) is 0 Å². The van der Waals surface area contributed by atoms with Gasteiger partial charge < -0.3 is 10.0 Å². The van der Waals surface area contributed by atoms with Crippen LogP contribution in [0.15, 0.2) is 36.4 Å². The van der Waals surface area contributed by atoms with Crippen molar-refractivity contribution in [1.82, 2.24) is 14.8 Å². The standard InChI is InChI=1S/C19H21N3O3/c1-13(23)22-9-15-8-21(11-19(15,12-22)18(24)25)10-16-7-6-14-4-2-3-5-17(14)20-16/h2-7,15H,8-12H2,1H3,(H,24,25)/t15-,19-/m1/s1. The Hall–Kier alpha value is -2.47. The number of benzene rings is 1. The first-order chi connectivity index (χ1) is 12.0. The number of carboxylic acids is 1. The molecule has 1 aromatic heterocycles. The van der Waals surface area contributed by atoms with Crippen LogP contribution in [-0.2, 0) is 16.1 Å². The minimum Gasteiger partial charge on any atom is -0.481 e. The predicted molar refractivity (Wildman–Crippen MR) is 92.8 cm³/mol. The summed E-state index contributed by atoms with van der Waals surface area (Å²) in [6, 6.07) is 12.0. The molecule has 0 radical (unpaired) electrons. The van der Waals surface area contributed by atoms with Crippen molar-refractivity contribution in [3.05, 3.63) is 42.1 Å². The number of likely N-dealkylation sites (tertiary alicyclic amines) is 2. The third kappa shape index (κ3) is 2.66. The molecule has 6 nitrogen and oxygen atoms in total. The zero-order chi connectivity index (χ0) is 17.6. The highest BCUT2D eigenvalue weighted by molar-refractivity contribution is 5.81. The molecule has 0 saturated carbocycles. The number of nitrogens with zero attached hydrogens (tertiary/aromatic N) is 3. The van der Waals surface area contributed by atoms with E-state index in [9.17, 15) is 14.7 Å². The first-order valence-corrected chi connectivity index (χ1v) is 8.54. The number of carbonyl (C=O) groups excluding carboxylic acids is 1. The lowest BCUT2D eigenvalue weighted by molar-refractivity contribution is -0.149. The highest BCUT2D eigenvalue weighted by Gasteiger charge is 2.58. The maximum Gasteiger partial charge on any atom is 0.313 e. The van der Waals surface area contributed by atoms with Crippen LogP contribution >= 0.6 is 0 Å². The summed E-state index contributed by atoms with van der Waals surface area (Å²) in [6.45, 7) is 4.13. The lowest BCUT2D eigenvalue weighted by Crippen LogP contribution is -2.41. The highest BCUT2D eigenvalue weighted by Crippen LogP contribution is 2.43. The number of amides is 1. The number of carbonyl (C=O) groups is 2. The van der Waals surface area contributed by atoms with Crippen LogP contribution in [-0.4, -0.2) is 57.9 Å². The Bertz CT molecular complexity index is 853. The molecule has 0 spiro atoms. The summed E-state index contributed by atoms with van der Waals surface area (Å²) in [6.07, 6.45) is 0. The normalized spacial score (nSPS) is 26.1. The van der Waals surface area contributed by atoms with Crippen LogP contribution in [0.25, 0.3) is 10.9 Å². The number of rotatable bonds is 3. The zero-order valence-corrected chi connectivity index (χ0v) is 14.2. The SMILES string of the molecule is CC(=O)N1C[C@H]2CN(Cc3ccc4ccccc4n3)C[C@@]2(C(=O)O)C1. The van der Waals surface area contributed by atoms with Crippen molar-refractivity contribution in [2.45, 2.75) is 13.5 Å². The minimum atomic E-state index is -0.845. The van der Waals surface area contributed by atoms with Gasteiger partial charge in [-0.05, 0) is 12.1 Å². The molecule has 4 rings (SSSR count). The van der Waals surface area contributed by atoms with E-state index in [-0.39, 0.29) is 11.8 Å². The average Bonchev–Trinajstić information content (AvgIpc) is 3.10. The molecule has 1 N–H and O–H groups in total. The van der Waals surface area contributed by atoms with Gasteiger partial charge in [-0.2, -0.15) is 0 Å². The van der Waals surface area contributed by atoms with Crippen LogP contribution in [0.3, 0.4) is 0 Å². The van der Waals surface area contributed by atoms with Gasteiger partial charge in [0.05, 0.1) is 11.2 Å². The van der Waals surface area contributed by atoms with Crippen molar-refractivity contribution in [1.29, 1.82) is 0 Å². The van der Waals surface area contributed by atoms with E-state index in [0.29, 0.717) is 32.7 Å². The molecule has 25 heavy (non-hydrogen) atoms. The van der Waals surface area contributed by atoms with Crippen molar-refractivity contribution >= 4 is 22.8 Å². The zero-order valence-electron chi connectivity index (χ0n) is 14.2. The van der Waals surface area contributed by atoms with Crippen LogP contribution in [0.2, 0.25) is 0 Å². The summed E-state index contributed by atoms with van der Waals surface area (Å²) < 4.78 is 0. The Morgan fingerprint density at radius 2 is 2.00 bits per heavy atom. The van der Waals surface area contributed by atoms with E-state index in [1.54, 1.807) is 4.90 Å². The number of aliphatic carboxylic acids is 1. The smallest absolute Gasteiger partial charge is 0.313 e. The van der Waals surface area contributed by atoms with Gasteiger partial charge in [-0.3, -0.25) is 19.5 Å². The van der Waals surface area contributed by atoms with E-state index in [1.807, 2.05) is 30.3 Å². The molecule has 2 aliphatic rings. The summed E-state index contributed by atoms with van der Waals surface area (Å²) in [7, 11) is 0. The second kappa shape index (κ2) is 5.81. The molecule has 0 bridgehead atoms. The largest absolute Gasteiger partial charge is 0.481 e. The van der Waals surface area contributed by atoms with E-state index in [1.165, 1.54) is 6.92 Å². The number of pyridine rings is 1. The summed E-state index contributed by atoms with van der Waals surface area (Å²) in [5.74, 6) is -0.859. The maximum absolute atomic E-state index is 12.0. The van der Waals surface area contributed by atoms with E-state index in [4.69, 9.17) is 0 Å². The molecule has 0 unspecified atom stereocenters. The van der Waals surface area contributed by atoms with E-state index < -0.39 is 11.4 Å². The van der Waals surface area contributed by atoms with Crippen LogP contribution < -0.4 is 0 Å². The van der Waals surface area contributed by atoms with Gasteiger partial charge in [-0.15, -0.1) is 0 Å². The van der Waals surface area contributed by atoms with Crippen molar-refractivity contribution in [3.8, 4) is 0 Å². The predicted octanol–water partition coefficient (Wildman–Crippen LogP) is 1.60. The summed E-state index contributed by atoms with van der Waals surface area (Å²) >= 11 is 0. The van der Waals surface area contributed by atoms with Gasteiger partial charge in [0.15, 0.2) is 0 Å². The molecular weight excluding hydrogens is 318 g/mol. The Morgan fingerprint density at radius 3 is 2.72 bits per heavy atom. The van der Waals surface area contributed by atoms with Gasteiger partial charge in [0.25, 0.3) is 0 Å². The Kier molecular flexibility index (Phi) is 3.72. The molecule has 3 heterocycles. The van der Waals surface area contributed by atoms with Crippen LogP contribution in [0.1, 0.15) is 12.6 Å². The third-order valence-corrected chi connectivity index (χ3v) is 5.59. The van der Waals surface area contributed by atoms with Gasteiger partial charge in [0, 0.05) is 51.0 Å². The molecule has 0 aliphatic carbocycles. The summed E-state index contributed by atoms with van der Waals surface area (Å²) in [5.41, 5.74) is 1.06. The van der Waals surface area contributed by atoms with Crippen molar-refractivity contribution < 1.29 is 14.7 Å². The second-order valence-corrected chi connectivity index (χ2v) is 7.22. The minimum absolute atomic E-state index is 0.0191. The monoisotopic (exact) mass is 339 g/mol. The topological polar surface area (TPSA) is 73.7 Å². The number of carboxylic acid groups (broad SMARTS) is 1. The molecular formula is C19H21N3O3. The van der Waals surface area contributed by atoms with E-state index >= 15 is 0 Å². The molecule has 2 fully saturated rings. The second-order valence-electron chi connectivity index (χ2n) is 7.22. The van der Waals surface area contributed by atoms with Crippen molar-refractivity contribution in [2.24, 2.45) is 11.3 Å². The van der Waals surface area contributed by atoms with Crippen LogP contribution in [0.5, 0.6) is 0 Å². The summed E-state index contributed by atoms with van der Waals surface area (Å²) in [5, 5.41) is 10.9. The number of hydrogen-bond acceptors (Lipinski definition) is 4. The lowest BCUT2D eigenvalue weighted by Gasteiger charge is -2.24. The van der Waals surface area contributed by atoms with E-state index in [0.717, 1.165) is 16.6 Å². The number of hydrogen-bond donors (Lipinski definition) is 1. The first kappa shape index (κ1) is 16.0. The molecule has 2 atom stereocenters. The molecule has 2 aromatic rings. The van der Waals surface area contributed by atoms with Crippen LogP contribution in [0.4, 0.5) is 0 Å². The number of para-hydroxylation sites is 1. The Balaban J connectivity index is 1.53. The molecule has 6 heteroatoms. The fraction of sp³-hybridized carbons (Fsp3) is 0.421. The molecule has 1 amide bonds. The van der Waals surface area contributed by atoms with E-state index in [2.05, 4.69) is 16.0 Å². The Labute approximate surface area is 146 Å². The Morgan fingerprint density at radius 1 is 1.20 bits per heavy atom. The summed E-state index contributed by atoms with van der Waals surface area (Å²) in [4.78, 5) is 32.1. The van der Waals surface area contributed by atoms with Gasteiger partial charge in [0.1, 0.15) is 5.41 Å². The average molecular weight is 339 g/mol. The maximum atomic E-state index is 12.0. The van der Waals surface area contributed by atoms with Crippen LogP contribution in [0, 0.1) is 11.3 Å². The molecule has 1 aromatic carbocycles. The number of aromatic nitrogens is 1. The van der Waals surface area contributed by atoms with Gasteiger partial charge >= 0.3 is 5.97 Å². The molecule has 130 valence electrons. The fourth-order valence-electron chi connectivity index (χ4n) is 4.26.